The predicted octanol–water partition coefficient (Wildman–Crippen LogP) is 1.52. The molecule has 0 atom stereocenters. The molecule has 15 heavy (non-hydrogen) atoms. The van der Waals surface area contributed by atoms with Gasteiger partial charge in [-0.2, -0.15) is 0 Å². The molecular weight excluding hydrogens is 210 g/mol. The molecule has 3 nitrogen and oxygen atoms in total. The van der Waals surface area contributed by atoms with Crippen LogP contribution in [0, 0.1) is 0 Å². The quantitative estimate of drug-likeness (QED) is 0.801. The number of thiophene rings is 1. The Hall–Kier alpha value is -0.870. The number of hydrogen-bond acceptors (Lipinski definition) is 3. The maximum atomic E-state index is 11.2. The summed E-state index contributed by atoms with van der Waals surface area (Å²) in [6.45, 7) is 4.70. The van der Waals surface area contributed by atoms with E-state index in [0.29, 0.717) is 6.54 Å². The zero-order chi connectivity index (χ0) is 11.3. The molecular formula is C11H17NO2S. The number of aliphatic hydroxyl groups excluding tert-OH is 1. The van der Waals surface area contributed by atoms with Gasteiger partial charge in [0.05, 0.1) is 6.61 Å². The average molecular weight is 227 g/mol. The molecule has 2 N–H and O–H groups in total. The molecule has 0 fully saturated rings. The van der Waals surface area contributed by atoms with Gasteiger partial charge in [0.1, 0.15) is 0 Å². The first kappa shape index (κ1) is 12.2. The Labute approximate surface area is 94.1 Å². The minimum absolute atomic E-state index is 0.0424. The van der Waals surface area contributed by atoms with Gasteiger partial charge in [-0.3, -0.25) is 4.79 Å². The minimum atomic E-state index is -0.0952. The van der Waals surface area contributed by atoms with Gasteiger partial charge in [0, 0.05) is 23.3 Å². The third-order valence-electron chi connectivity index (χ3n) is 2.25. The molecule has 0 radical (unpaired) electrons. The Bertz CT molecular complexity index is 306. The van der Waals surface area contributed by atoms with Crippen LogP contribution in [-0.2, 0) is 10.2 Å². The van der Waals surface area contributed by atoms with Gasteiger partial charge in [0.2, 0.25) is 5.91 Å². The topological polar surface area (TPSA) is 49.3 Å². The zero-order valence-electron chi connectivity index (χ0n) is 9.12. The van der Waals surface area contributed by atoms with E-state index in [1.807, 2.05) is 11.4 Å². The van der Waals surface area contributed by atoms with Crippen molar-refractivity contribution in [3.63, 3.8) is 0 Å². The van der Waals surface area contributed by atoms with Gasteiger partial charge in [0.15, 0.2) is 0 Å². The minimum Gasteiger partial charge on any atom is -0.396 e. The molecule has 4 heteroatoms. The zero-order valence-corrected chi connectivity index (χ0v) is 9.93. The van der Waals surface area contributed by atoms with Crippen molar-refractivity contribution in [2.45, 2.75) is 25.7 Å². The second kappa shape index (κ2) is 5.28. The summed E-state index contributed by atoms with van der Waals surface area (Å²) >= 11 is 1.69. The van der Waals surface area contributed by atoms with Crippen LogP contribution in [0.4, 0.5) is 0 Å². The summed E-state index contributed by atoms with van der Waals surface area (Å²) in [5.74, 6) is -0.0952. The summed E-state index contributed by atoms with van der Waals surface area (Å²) in [7, 11) is 0. The van der Waals surface area contributed by atoms with Gasteiger partial charge < -0.3 is 10.4 Å². The van der Waals surface area contributed by atoms with E-state index >= 15 is 0 Å². The smallest absolute Gasteiger partial charge is 0.222 e. The highest BCUT2D eigenvalue weighted by Crippen LogP contribution is 2.26. The molecule has 1 heterocycles. The van der Waals surface area contributed by atoms with Gasteiger partial charge in [-0.1, -0.05) is 19.9 Å². The summed E-state index contributed by atoms with van der Waals surface area (Å²) in [5.41, 5.74) is -0.0424. The SMILES string of the molecule is CC(C)(CNC(=O)CCO)c1cccs1. The Morgan fingerprint density at radius 1 is 1.60 bits per heavy atom. The molecule has 84 valence electrons. The van der Waals surface area contributed by atoms with Crippen molar-refractivity contribution < 1.29 is 9.90 Å². The lowest BCUT2D eigenvalue weighted by molar-refractivity contribution is -0.121. The molecule has 1 aromatic heterocycles. The molecule has 0 aliphatic rings. The maximum absolute atomic E-state index is 11.2. The maximum Gasteiger partial charge on any atom is 0.222 e. The van der Waals surface area contributed by atoms with Crippen LogP contribution in [0.15, 0.2) is 17.5 Å². The number of hydrogen-bond donors (Lipinski definition) is 2. The summed E-state index contributed by atoms with van der Waals surface area (Å²) in [4.78, 5) is 12.4. The van der Waals surface area contributed by atoms with E-state index in [2.05, 4.69) is 25.2 Å². The van der Waals surface area contributed by atoms with Crippen molar-refractivity contribution >= 4 is 17.2 Å². The Kier molecular flexibility index (Phi) is 4.29. The van der Waals surface area contributed by atoms with Crippen LogP contribution in [0.1, 0.15) is 25.1 Å². The lowest BCUT2D eigenvalue weighted by atomic mass is 9.91. The molecule has 1 rings (SSSR count). The first-order valence-corrected chi connectivity index (χ1v) is 5.86. The normalized spacial score (nSPS) is 11.4. The fraction of sp³-hybridized carbons (Fsp3) is 0.545. The first-order valence-electron chi connectivity index (χ1n) is 4.98. The number of aliphatic hydroxyl groups is 1. The van der Waals surface area contributed by atoms with Gasteiger partial charge in [-0.05, 0) is 11.4 Å². The molecule has 0 unspecified atom stereocenters. The summed E-state index contributed by atoms with van der Waals surface area (Å²) < 4.78 is 0. The fourth-order valence-corrected chi connectivity index (χ4v) is 2.11. The van der Waals surface area contributed by atoms with E-state index in [9.17, 15) is 4.79 Å². The van der Waals surface area contributed by atoms with Crippen LogP contribution in [-0.4, -0.2) is 24.2 Å². The molecule has 0 spiro atoms. The highest BCUT2D eigenvalue weighted by atomic mass is 32.1. The molecule has 0 saturated heterocycles. The molecule has 1 amide bonds. The Balaban J connectivity index is 2.47. The molecule has 0 bridgehead atoms. The van der Waals surface area contributed by atoms with Crippen LogP contribution in [0.25, 0.3) is 0 Å². The van der Waals surface area contributed by atoms with Crippen molar-refractivity contribution in [3.05, 3.63) is 22.4 Å². The molecule has 0 aliphatic carbocycles. The molecule has 0 aromatic carbocycles. The summed E-state index contributed by atoms with van der Waals surface area (Å²) in [6, 6.07) is 4.08. The average Bonchev–Trinajstić information content (AvgIpc) is 2.69. The molecule has 0 aliphatic heterocycles. The lowest BCUT2D eigenvalue weighted by Crippen LogP contribution is -2.36. The van der Waals surface area contributed by atoms with Crippen LogP contribution >= 0.6 is 11.3 Å². The van der Waals surface area contributed by atoms with Crippen LogP contribution in [0.5, 0.6) is 0 Å². The summed E-state index contributed by atoms with van der Waals surface area (Å²) in [6.07, 6.45) is 0.181. The lowest BCUT2D eigenvalue weighted by Gasteiger charge is -2.23. The standard InChI is InChI=1S/C11H17NO2S/c1-11(2,9-4-3-7-15-9)8-12-10(14)5-6-13/h3-4,7,13H,5-6,8H2,1-2H3,(H,12,14). The van der Waals surface area contributed by atoms with Crippen molar-refractivity contribution in [2.75, 3.05) is 13.2 Å². The van der Waals surface area contributed by atoms with Gasteiger partial charge in [0.25, 0.3) is 0 Å². The van der Waals surface area contributed by atoms with E-state index in [0.717, 1.165) is 0 Å². The monoisotopic (exact) mass is 227 g/mol. The van der Waals surface area contributed by atoms with E-state index in [1.165, 1.54) is 4.88 Å². The second-order valence-electron chi connectivity index (χ2n) is 4.11. The number of amides is 1. The number of carbonyl (C=O) groups excluding carboxylic acids is 1. The van der Waals surface area contributed by atoms with Gasteiger partial charge in [-0.25, -0.2) is 0 Å². The largest absolute Gasteiger partial charge is 0.396 e. The van der Waals surface area contributed by atoms with E-state index in [-0.39, 0.29) is 24.3 Å². The predicted molar refractivity (Wildman–Crippen MR) is 62.1 cm³/mol. The first-order chi connectivity index (χ1) is 7.06. The van der Waals surface area contributed by atoms with Crippen molar-refractivity contribution in [1.82, 2.24) is 5.32 Å². The molecule has 1 aromatic rings. The van der Waals surface area contributed by atoms with Crippen molar-refractivity contribution in [2.24, 2.45) is 0 Å². The fourth-order valence-electron chi connectivity index (χ4n) is 1.26. The number of rotatable bonds is 5. The van der Waals surface area contributed by atoms with E-state index in [1.54, 1.807) is 11.3 Å². The summed E-state index contributed by atoms with van der Waals surface area (Å²) in [5, 5.41) is 13.4. The van der Waals surface area contributed by atoms with E-state index in [4.69, 9.17) is 5.11 Å². The van der Waals surface area contributed by atoms with Gasteiger partial charge >= 0.3 is 0 Å². The molecule has 0 saturated carbocycles. The van der Waals surface area contributed by atoms with Crippen LogP contribution in [0.3, 0.4) is 0 Å². The van der Waals surface area contributed by atoms with Gasteiger partial charge in [-0.15, -0.1) is 11.3 Å². The highest BCUT2D eigenvalue weighted by Gasteiger charge is 2.22. The third kappa shape index (κ3) is 3.64. The number of nitrogens with one attached hydrogen (secondary N) is 1. The van der Waals surface area contributed by atoms with Crippen LogP contribution in [0.2, 0.25) is 0 Å². The van der Waals surface area contributed by atoms with E-state index < -0.39 is 0 Å². The highest BCUT2D eigenvalue weighted by molar-refractivity contribution is 7.10. The second-order valence-corrected chi connectivity index (χ2v) is 5.06. The Morgan fingerprint density at radius 2 is 2.33 bits per heavy atom. The third-order valence-corrected chi connectivity index (χ3v) is 3.49. The van der Waals surface area contributed by atoms with Crippen molar-refractivity contribution in [3.8, 4) is 0 Å². The van der Waals surface area contributed by atoms with Crippen LogP contribution < -0.4 is 5.32 Å². The Morgan fingerprint density at radius 3 is 2.87 bits per heavy atom. The number of carbonyl (C=O) groups is 1. The van der Waals surface area contributed by atoms with Crippen molar-refractivity contribution in [1.29, 1.82) is 0 Å².